The molecule has 6 nitrogen and oxygen atoms in total. The van der Waals surface area contributed by atoms with Gasteiger partial charge in [-0.15, -0.1) is 0 Å². The molecule has 0 aromatic heterocycles. The minimum Gasteiger partial charge on any atom is -0.390 e. The van der Waals surface area contributed by atoms with Gasteiger partial charge in [-0.05, 0) is 22.3 Å². The molecule has 0 spiro atoms. The van der Waals surface area contributed by atoms with Crippen molar-refractivity contribution in [2.24, 2.45) is 5.92 Å². The molecule has 0 saturated heterocycles. The van der Waals surface area contributed by atoms with Gasteiger partial charge in [0.15, 0.2) is 0 Å². The minimum atomic E-state index is -1.19. The fourth-order valence-corrected chi connectivity index (χ4v) is 5.25. The largest absolute Gasteiger partial charge is 0.390 e. The van der Waals surface area contributed by atoms with Gasteiger partial charge in [-0.3, -0.25) is 0 Å². The van der Waals surface area contributed by atoms with Crippen molar-refractivity contribution >= 4 is 0 Å². The fraction of sp³-hybridized carbons (Fsp3) is 0.314. The Morgan fingerprint density at radius 3 is 1.22 bits per heavy atom. The first-order valence-electron chi connectivity index (χ1n) is 14.1. The summed E-state index contributed by atoms with van der Waals surface area (Å²) in [6.07, 6.45) is -4.41. The van der Waals surface area contributed by atoms with Crippen LogP contribution in [0.5, 0.6) is 0 Å². The lowest BCUT2D eigenvalue weighted by Crippen LogP contribution is -2.64. The maximum atomic E-state index is 11.4. The molecule has 0 amide bonds. The summed E-state index contributed by atoms with van der Waals surface area (Å²) in [6.45, 7) is 1.46. The van der Waals surface area contributed by atoms with E-state index in [2.05, 4.69) is 0 Å². The number of aliphatic hydroxyl groups is 2. The predicted octanol–water partition coefficient (Wildman–Crippen LogP) is 5.31. The van der Waals surface area contributed by atoms with E-state index in [0.717, 1.165) is 22.3 Å². The van der Waals surface area contributed by atoms with E-state index in [1.165, 1.54) is 0 Å². The second kappa shape index (κ2) is 15.0. The molecule has 0 radical (unpaired) electrons. The van der Waals surface area contributed by atoms with E-state index in [0.29, 0.717) is 19.8 Å². The SMILES string of the molecule is O[C@@H]1[C@H](O)[C@@H](COCc2ccccc2)[C@@H](OCc2ccccc2)[C@H](OCc2ccccc2)[C@H]1OCc1ccccc1. The smallest absolute Gasteiger partial charge is 0.115 e. The Hall–Kier alpha value is -3.36. The molecular weight excluding hydrogens is 516 g/mol. The summed E-state index contributed by atoms with van der Waals surface area (Å²) in [4.78, 5) is 0. The summed E-state index contributed by atoms with van der Waals surface area (Å²) in [5.74, 6) is -0.547. The molecular formula is C35H38O6. The quantitative estimate of drug-likeness (QED) is 0.233. The van der Waals surface area contributed by atoms with Crippen molar-refractivity contribution in [1.82, 2.24) is 0 Å². The highest BCUT2D eigenvalue weighted by Crippen LogP contribution is 2.34. The van der Waals surface area contributed by atoms with Crippen molar-refractivity contribution in [3.63, 3.8) is 0 Å². The molecule has 4 aromatic rings. The molecule has 1 fully saturated rings. The van der Waals surface area contributed by atoms with Crippen LogP contribution < -0.4 is 0 Å². The van der Waals surface area contributed by atoms with Gasteiger partial charge in [0.1, 0.15) is 18.3 Å². The van der Waals surface area contributed by atoms with Gasteiger partial charge in [0.05, 0.1) is 45.2 Å². The zero-order chi connectivity index (χ0) is 28.3. The van der Waals surface area contributed by atoms with Gasteiger partial charge in [0, 0.05) is 5.92 Å². The van der Waals surface area contributed by atoms with E-state index in [9.17, 15) is 10.2 Å². The first-order valence-corrected chi connectivity index (χ1v) is 14.1. The summed E-state index contributed by atoms with van der Waals surface area (Å²) in [7, 11) is 0. The zero-order valence-corrected chi connectivity index (χ0v) is 23.1. The topological polar surface area (TPSA) is 77.4 Å². The van der Waals surface area contributed by atoms with Crippen molar-refractivity contribution < 1.29 is 29.2 Å². The maximum absolute atomic E-state index is 11.4. The van der Waals surface area contributed by atoms with Gasteiger partial charge in [0.25, 0.3) is 0 Å². The molecule has 0 unspecified atom stereocenters. The number of hydrogen-bond acceptors (Lipinski definition) is 6. The van der Waals surface area contributed by atoms with E-state index in [1.807, 2.05) is 121 Å². The van der Waals surface area contributed by atoms with E-state index < -0.39 is 36.4 Å². The van der Waals surface area contributed by atoms with Gasteiger partial charge in [-0.25, -0.2) is 0 Å². The molecule has 6 heteroatoms. The van der Waals surface area contributed by atoms with Crippen LogP contribution in [-0.2, 0) is 45.4 Å². The van der Waals surface area contributed by atoms with Gasteiger partial charge in [0.2, 0.25) is 0 Å². The molecule has 1 aliphatic carbocycles. The van der Waals surface area contributed by atoms with E-state index in [-0.39, 0.29) is 13.2 Å². The number of ether oxygens (including phenoxy) is 4. The van der Waals surface area contributed by atoms with Crippen molar-refractivity contribution in [2.75, 3.05) is 6.61 Å². The van der Waals surface area contributed by atoms with Gasteiger partial charge < -0.3 is 29.2 Å². The third kappa shape index (κ3) is 8.11. The van der Waals surface area contributed by atoms with Crippen LogP contribution in [0.4, 0.5) is 0 Å². The molecule has 0 heterocycles. The Labute approximate surface area is 242 Å². The maximum Gasteiger partial charge on any atom is 0.115 e. The van der Waals surface area contributed by atoms with Crippen molar-refractivity contribution in [3.05, 3.63) is 144 Å². The number of benzene rings is 4. The van der Waals surface area contributed by atoms with Gasteiger partial charge >= 0.3 is 0 Å². The molecule has 5 rings (SSSR count). The second-order valence-corrected chi connectivity index (χ2v) is 10.4. The predicted molar refractivity (Wildman–Crippen MR) is 157 cm³/mol. The van der Waals surface area contributed by atoms with Crippen molar-refractivity contribution in [3.8, 4) is 0 Å². The van der Waals surface area contributed by atoms with E-state index >= 15 is 0 Å². The average molecular weight is 555 g/mol. The van der Waals surface area contributed by atoms with Crippen molar-refractivity contribution in [2.45, 2.75) is 56.9 Å². The number of hydrogen-bond donors (Lipinski definition) is 2. The molecule has 1 aliphatic rings. The molecule has 0 bridgehead atoms. The summed E-state index contributed by atoms with van der Waals surface area (Å²) in [5.41, 5.74) is 3.99. The summed E-state index contributed by atoms with van der Waals surface area (Å²) < 4.78 is 25.4. The monoisotopic (exact) mass is 554 g/mol. The Kier molecular flexibility index (Phi) is 10.7. The molecule has 6 atom stereocenters. The van der Waals surface area contributed by atoms with Crippen LogP contribution >= 0.6 is 0 Å². The van der Waals surface area contributed by atoms with Crippen LogP contribution in [0.15, 0.2) is 121 Å². The highest BCUT2D eigenvalue weighted by Gasteiger charge is 2.52. The molecule has 4 aromatic carbocycles. The molecule has 41 heavy (non-hydrogen) atoms. The molecule has 0 aliphatic heterocycles. The van der Waals surface area contributed by atoms with Crippen LogP contribution in [0.1, 0.15) is 22.3 Å². The first kappa shape index (κ1) is 29.1. The van der Waals surface area contributed by atoms with E-state index in [4.69, 9.17) is 18.9 Å². The molecule has 2 N–H and O–H groups in total. The Bertz CT molecular complexity index is 1270. The standard InChI is InChI=1S/C35H38O6/c36-31-30(25-38-21-26-13-5-1-6-14-26)33(39-22-27-15-7-2-8-16-27)35(41-24-29-19-11-4-12-20-29)34(32(31)37)40-23-28-17-9-3-10-18-28/h1-20,30-37H,21-25H2/t30-,31-,32-,33-,34+,35+/m1/s1. The third-order valence-corrected chi connectivity index (χ3v) is 7.47. The van der Waals surface area contributed by atoms with E-state index in [1.54, 1.807) is 0 Å². The van der Waals surface area contributed by atoms with Crippen LogP contribution in [0.25, 0.3) is 0 Å². The Morgan fingerprint density at radius 1 is 0.415 bits per heavy atom. The first-order chi connectivity index (χ1) is 20.2. The number of rotatable bonds is 13. The molecule has 214 valence electrons. The fourth-order valence-electron chi connectivity index (χ4n) is 5.25. The third-order valence-electron chi connectivity index (χ3n) is 7.47. The van der Waals surface area contributed by atoms with Crippen LogP contribution in [0, 0.1) is 5.92 Å². The Balaban J connectivity index is 1.39. The van der Waals surface area contributed by atoms with Crippen LogP contribution in [-0.4, -0.2) is 47.3 Å². The lowest BCUT2D eigenvalue weighted by atomic mass is 9.78. The number of aliphatic hydroxyl groups excluding tert-OH is 2. The summed E-state index contributed by atoms with van der Waals surface area (Å²) in [5, 5.41) is 22.8. The van der Waals surface area contributed by atoms with Gasteiger partial charge in [-0.1, -0.05) is 121 Å². The zero-order valence-electron chi connectivity index (χ0n) is 23.1. The second-order valence-electron chi connectivity index (χ2n) is 10.4. The molecule has 1 saturated carbocycles. The van der Waals surface area contributed by atoms with Crippen LogP contribution in [0.3, 0.4) is 0 Å². The lowest BCUT2D eigenvalue weighted by molar-refractivity contribution is -0.255. The summed E-state index contributed by atoms with van der Waals surface area (Å²) >= 11 is 0. The van der Waals surface area contributed by atoms with Crippen molar-refractivity contribution in [1.29, 1.82) is 0 Å². The Morgan fingerprint density at radius 2 is 0.780 bits per heavy atom. The lowest BCUT2D eigenvalue weighted by Gasteiger charge is -2.47. The highest BCUT2D eigenvalue weighted by molar-refractivity contribution is 5.17. The van der Waals surface area contributed by atoms with Crippen LogP contribution in [0.2, 0.25) is 0 Å². The average Bonchev–Trinajstić information content (AvgIpc) is 3.03. The minimum absolute atomic E-state index is 0.184. The van der Waals surface area contributed by atoms with Gasteiger partial charge in [-0.2, -0.15) is 0 Å². The normalized spacial score (nSPS) is 24.2. The summed E-state index contributed by atoms with van der Waals surface area (Å²) in [6, 6.07) is 39.4. The highest BCUT2D eigenvalue weighted by atomic mass is 16.6.